The molecule has 0 aliphatic carbocycles. The van der Waals surface area contributed by atoms with Crippen LogP contribution in [0, 0.1) is 0 Å². The number of rotatable bonds is 2. The molecule has 0 bridgehead atoms. The van der Waals surface area contributed by atoms with Gasteiger partial charge in [-0.05, 0) is 36.4 Å². The van der Waals surface area contributed by atoms with Gasteiger partial charge in [-0.15, -0.1) is 22.7 Å². The van der Waals surface area contributed by atoms with Gasteiger partial charge in [-0.3, -0.25) is 4.98 Å². The number of aromatic nitrogens is 3. The lowest BCUT2D eigenvalue weighted by molar-refractivity contribution is 1.16. The number of fused-ring (bicyclic) bond motifs is 13. The van der Waals surface area contributed by atoms with Crippen molar-refractivity contribution in [1.29, 1.82) is 0 Å². The van der Waals surface area contributed by atoms with Crippen LogP contribution in [0.2, 0.25) is 0 Å². The Morgan fingerprint density at radius 3 is 1.50 bits per heavy atom. The van der Waals surface area contributed by atoms with E-state index in [1.54, 1.807) is 0 Å². The van der Waals surface area contributed by atoms with Crippen LogP contribution in [0.15, 0.2) is 140 Å². The molecule has 11 aromatic rings. The van der Waals surface area contributed by atoms with Crippen LogP contribution in [0.25, 0.3) is 95.5 Å². The van der Waals surface area contributed by atoms with Crippen LogP contribution in [-0.4, -0.2) is 14.1 Å². The summed E-state index contributed by atoms with van der Waals surface area (Å²) in [6.07, 6.45) is 2.10. The second-order valence-electron chi connectivity index (χ2n) is 11.9. The lowest BCUT2D eigenvalue weighted by atomic mass is 10.1. The summed E-state index contributed by atoms with van der Waals surface area (Å²) < 4.78 is 10.2. The standard InChI is InChI=1S/C41H23N3S2/c1-5-17-31-24(11-1)30-23-42-37-29-14-2-6-18-32(29)44(34-20-10-16-28-26-13-4-8-22-36(26)46-41(28)34)39(37)38(30)43(31)33-19-9-15-27-25-12-3-7-21-35(25)45-40(27)33/h1-23H. The highest BCUT2D eigenvalue weighted by molar-refractivity contribution is 7.26. The second kappa shape index (κ2) is 9.04. The molecule has 0 amide bonds. The molecule has 0 fully saturated rings. The summed E-state index contributed by atoms with van der Waals surface area (Å²) in [4.78, 5) is 5.23. The molecule has 0 saturated carbocycles. The van der Waals surface area contributed by atoms with E-state index in [1.807, 2.05) is 22.7 Å². The van der Waals surface area contributed by atoms with E-state index in [9.17, 15) is 0 Å². The smallest absolute Gasteiger partial charge is 0.0985 e. The maximum Gasteiger partial charge on any atom is 0.0985 e. The normalized spacial score (nSPS) is 12.3. The molecule has 0 spiro atoms. The fourth-order valence-corrected chi connectivity index (χ4v) is 10.1. The van der Waals surface area contributed by atoms with Crippen LogP contribution in [0.4, 0.5) is 0 Å². The number of pyridine rings is 1. The van der Waals surface area contributed by atoms with E-state index < -0.39 is 0 Å². The van der Waals surface area contributed by atoms with E-state index in [0.717, 1.165) is 21.8 Å². The summed E-state index contributed by atoms with van der Waals surface area (Å²) in [7, 11) is 0. The third kappa shape index (κ3) is 3.13. The van der Waals surface area contributed by atoms with Crippen molar-refractivity contribution in [2.45, 2.75) is 0 Å². The van der Waals surface area contributed by atoms with E-state index in [1.165, 1.54) is 73.7 Å². The van der Waals surface area contributed by atoms with Gasteiger partial charge in [0.2, 0.25) is 0 Å². The molecule has 0 atom stereocenters. The lowest BCUT2D eigenvalue weighted by Crippen LogP contribution is -1.99. The quantitative estimate of drug-likeness (QED) is 0.188. The van der Waals surface area contributed by atoms with Crippen LogP contribution in [0.3, 0.4) is 0 Å². The van der Waals surface area contributed by atoms with E-state index >= 15 is 0 Å². The van der Waals surface area contributed by atoms with Crippen molar-refractivity contribution in [3.63, 3.8) is 0 Å². The van der Waals surface area contributed by atoms with Crippen molar-refractivity contribution in [3.8, 4) is 11.4 Å². The highest BCUT2D eigenvalue weighted by atomic mass is 32.1. The highest BCUT2D eigenvalue weighted by Gasteiger charge is 2.24. The Hall–Kier alpha value is -5.49. The zero-order valence-corrected chi connectivity index (χ0v) is 26.1. The van der Waals surface area contributed by atoms with Gasteiger partial charge < -0.3 is 9.13 Å². The summed E-state index contributed by atoms with van der Waals surface area (Å²) in [5, 5.41) is 8.73. The molecular weight excluding hydrogens is 599 g/mol. The third-order valence-corrected chi connectivity index (χ3v) is 12.0. The molecule has 0 saturated heterocycles. The van der Waals surface area contributed by atoms with Crippen LogP contribution in [0.1, 0.15) is 0 Å². The summed E-state index contributed by atoms with van der Waals surface area (Å²) >= 11 is 3.75. The average Bonchev–Trinajstić information content (AvgIpc) is 3.86. The summed E-state index contributed by atoms with van der Waals surface area (Å²) in [5.41, 5.74) is 8.09. The molecule has 3 nitrogen and oxygen atoms in total. The molecule has 11 rings (SSSR count). The minimum absolute atomic E-state index is 1.02. The van der Waals surface area contributed by atoms with E-state index in [4.69, 9.17) is 4.98 Å². The molecule has 0 aliphatic rings. The highest BCUT2D eigenvalue weighted by Crippen LogP contribution is 2.45. The fraction of sp³-hybridized carbons (Fsp3) is 0. The van der Waals surface area contributed by atoms with Gasteiger partial charge in [0.05, 0.1) is 48.4 Å². The topological polar surface area (TPSA) is 22.8 Å². The molecular formula is C41H23N3S2. The number of hydrogen-bond acceptors (Lipinski definition) is 3. The van der Waals surface area contributed by atoms with Gasteiger partial charge >= 0.3 is 0 Å². The predicted octanol–water partition coefficient (Wildman–Crippen LogP) is 12.0. The van der Waals surface area contributed by atoms with Crippen LogP contribution >= 0.6 is 22.7 Å². The van der Waals surface area contributed by atoms with Crippen molar-refractivity contribution in [2.75, 3.05) is 0 Å². The zero-order valence-electron chi connectivity index (χ0n) is 24.4. The predicted molar refractivity (Wildman–Crippen MR) is 199 cm³/mol. The van der Waals surface area contributed by atoms with Crippen molar-refractivity contribution in [3.05, 3.63) is 140 Å². The number of nitrogens with zero attached hydrogens (tertiary/aromatic N) is 3. The Morgan fingerprint density at radius 1 is 0.391 bits per heavy atom. The molecule has 0 N–H and O–H groups in total. The van der Waals surface area contributed by atoms with Crippen molar-refractivity contribution in [1.82, 2.24) is 14.1 Å². The molecule has 5 heteroatoms. The number of para-hydroxylation sites is 2. The number of benzene rings is 6. The van der Waals surface area contributed by atoms with Gasteiger partial charge in [-0.2, -0.15) is 0 Å². The fourth-order valence-electron chi connectivity index (χ4n) is 7.65. The first-order valence-corrected chi connectivity index (χ1v) is 17.1. The molecule has 5 heterocycles. The molecule has 0 aliphatic heterocycles. The Morgan fingerprint density at radius 2 is 0.870 bits per heavy atom. The van der Waals surface area contributed by atoms with E-state index in [0.29, 0.717) is 0 Å². The van der Waals surface area contributed by atoms with Gasteiger partial charge in [-0.25, -0.2) is 0 Å². The Labute approximate surface area is 270 Å². The molecule has 5 aromatic heterocycles. The van der Waals surface area contributed by atoms with Crippen molar-refractivity contribution >= 4 is 107 Å². The van der Waals surface area contributed by atoms with Crippen molar-refractivity contribution in [2.24, 2.45) is 0 Å². The van der Waals surface area contributed by atoms with E-state index in [2.05, 4.69) is 149 Å². The second-order valence-corrected chi connectivity index (χ2v) is 14.0. The molecule has 0 unspecified atom stereocenters. The molecule has 6 aromatic carbocycles. The van der Waals surface area contributed by atoms with Gasteiger partial charge in [0.25, 0.3) is 0 Å². The zero-order chi connectivity index (χ0) is 29.9. The lowest BCUT2D eigenvalue weighted by Gasteiger charge is -2.13. The number of hydrogen-bond donors (Lipinski definition) is 0. The van der Waals surface area contributed by atoms with Crippen LogP contribution < -0.4 is 0 Å². The van der Waals surface area contributed by atoms with Gasteiger partial charge in [-0.1, -0.05) is 97.1 Å². The van der Waals surface area contributed by atoms with Crippen molar-refractivity contribution < 1.29 is 0 Å². The summed E-state index contributed by atoms with van der Waals surface area (Å²) in [6.45, 7) is 0. The first kappa shape index (κ1) is 24.8. The average molecular weight is 622 g/mol. The van der Waals surface area contributed by atoms with Gasteiger partial charge in [0.1, 0.15) is 0 Å². The maximum atomic E-state index is 5.23. The first-order chi connectivity index (χ1) is 22.8. The first-order valence-electron chi connectivity index (χ1n) is 15.5. The number of thiophene rings is 2. The third-order valence-electron chi connectivity index (χ3n) is 9.56. The summed E-state index contributed by atoms with van der Waals surface area (Å²) in [6, 6.07) is 48.6. The monoisotopic (exact) mass is 621 g/mol. The van der Waals surface area contributed by atoms with E-state index in [-0.39, 0.29) is 0 Å². The van der Waals surface area contributed by atoms with Crippen LogP contribution in [0.5, 0.6) is 0 Å². The molecule has 0 radical (unpaired) electrons. The summed E-state index contributed by atoms with van der Waals surface area (Å²) in [5.74, 6) is 0. The molecule has 46 heavy (non-hydrogen) atoms. The van der Waals surface area contributed by atoms with Gasteiger partial charge in [0, 0.05) is 53.3 Å². The Balaban J connectivity index is 1.39. The SMILES string of the molecule is c1ccc2c(c1)sc1c(-n3c4ccccc4c4cnc5c6ccccc6n(-c6cccc7c6sc6ccccc67)c5c43)cccc12. The molecule has 214 valence electrons. The maximum absolute atomic E-state index is 5.23. The minimum Gasteiger partial charge on any atom is -0.306 e. The Bertz CT molecular complexity index is 2840. The van der Waals surface area contributed by atoms with Gasteiger partial charge in [0.15, 0.2) is 0 Å². The largest absolute Gasteiger partial charge is 0.306 e. The Kier molecular flexibility index (Phi) is 4.87. The minimum atomic E-state index is 1.02. The van der Waals surface area contributed by atoms with Crippen LogP contribution in [-0.2, 0) is 0 Å².